The molecular weight excluding hydrogens is 336 g/mol. The molecule has 0 radical (unpaired) electrons. The van der Waals surface area contributed by atoms with E-state index in [9.17, 15) is 0 Å². The van der Waals surface area contributed by atoms with E-state index in [-0.39, 0.29) is 5.38 Å². The third-order valence-electron chi connectivity index (χ3n) is 3.27. The molecule has 0 aliphatic carbocycles. The number of benzene rings is 2. The Kier molecular flexibility index (Phi) is 3.81. The summed E-state index contributed by atoms with van der Waals surface area (Å²) in [7, 11) is 0. The topological polar surface area (TPSA) is 17.8 Å². The van der Waals surface area contributed by atoms with Gasteiger partial charge in [0.25, 0.3) is 0 Å². The molecule has 0 bridgehead atoms. The Hall–Kier alpha value is -1.32. The maximum Gasteiger partial charge on any atom is 0.128 e. The lowest BCUT2D eigenvalue weighted by Gasteiger charge is -2.11. The van der Waals surface area contributed by atoms with E-state index in [1.807, 2.05) is 37.3 Å². The fourth-order valence-corrected chi connectivity index (χ4v) is 3.00. The van der Waals surface area contributed by atoms with Gasteiger partial charge in [-0.2, -0.15) is 0 Å². The Labute approximate surface area is 131 Å². The monoisotopic (exact) mass is 348 g/mol. The van der Waals surface area contributed by atoms with Crippen molar-refractivity contribution in [3.8, 4) is 0 Å². The molecule has 2 nitrogen and oxygen atoms in total. The summed E-state index contributed by atoms with van der Waals surface area (Å²) in [4.78, 5) is 4.65. The van der Waals surface area contributed by atoms with Crippen LogP contribution in [0.15, 0.2) is 53.0 Å². The van der Waals surface area contributed by atoms with Gasteiger partial charge in [-0.1, -0.05) is 40.2 Å². The van der Waals surface area contributed by atoms with Crippen LogP contribution in [0, 0.1) is 0 Å². The Morgan fingerprint density at radius 3 is 2.75 bits per heavy atom. The maximum atomic E-state index is 6.28. The molecule has 0 saturated heterocycles. The Bertz CT molecular complexity index is 749. The van der Waals surface area contributed by atoms with Gasteiger partial charge in [0.1, 0.15) is 5.82 Å². The van der Waals surface area contributed by atoms with Crippen molar-refractivity contribution >= 4 is 38.6 Å². The van der Waals surface area contributed by atoms with E-state index in [1.54, 1.807) is 0 Å². The summed E-state index contributed by atoms with van der Waals surface area (Å²) in [6.07, 6.45) is 0. The molecule has 1 heterocycles. The van der Waals surface area contributed by atoms with E-state index in [0.29, 0.717) is 0 Å². The maximum absolute atomic E-state index is 6.28. The van der Waals surface area contributed by atoms with Crippen molar-refractivity contribution in [2.24, 2.45) is 0 Å². The van der Waals surface area contributed by atoms with Crippen molar-refractivity contribution in [3.63, 3.8) is 0 Å². The van der Waals surface area contributed by atoms with E-state index in [4.69, 9.17) is 11.6 Å². The molecule has 0 N–H and O–H groups in total. The van der Waals surface area contributed by atoms with Crippen LogP contribution in [0.4, 0.5) is 0 Å². The average molecular weight is 350 g/mol. The van der Waals surface area contributed by atoms with Gasteiger partial charge in [-0.25, -0.2) is 4.98 Å². The SMILES string of the molecule is CC(Cl)c1nc2ccccc2n1Cc1cccc(Br)c1. The van der Waals surface area contributed by atoms with Crippen LogP contribution in [0.3, 0.4) is 0 Å². The van der Waals surface area contributed by atoms with Gasteiger partial charge >= 0.3 is 0 Å². The third kappa shape index (κ3) is 2.60. The fraction of sp³-hybridized carbons (Fsp3) is 0.188. The zero-order valence-electron chi connectivity index (χ0n) is 11.1. The van der Waals surface area contributed by atoms with Crippen molar-refractivity contribution < 1.29 is 0 Å². The minimum atomic E-state index is -0.116. The first-order chi connectivity index (χ1) is 9.65. The predicted octanol–water partition coefficient (Wildman–Crippen LogP) is 5.15. The minimum absolute atomic E-state index is 0.116. The van der Waals surface area contributed by atoms with Crippen LogP contribution >= 0.6 is 27.5 Å². The van der Waals surface area contributed by atoms with Gasteiger partial charge in [0.05, 0.1) is 16.4 Å². The Morgan fingerprint density at radius 2 is 2.00 bits per heavy atom. The van der Waals surface area contributed by atoms with Gasteiger partial charge in [0.2, 0.25) is 0 Å². The summed E-state index contributed by atoms with van der Waals surface area (Å²) in [6, 6.07) is 16.5. The number of hydrogen-bond acceptors (Lipinski definition) is 1. The van der Waals surface area contributed by atoms with Gasteiger partial charge < -0.3 is 4.57 Å². The molecule has 0 aliphatic heterocycles. The van der Waals surface area contributed by atoms with E-state index in [0.717, 1.165) is 27.9 Å². The van der Waals surface area contributed by atoms with Gasteiger partial charge in [-0.3, -0.25) is 0 Å². The lowest BCUT2D eigenvalue weighted by atomic mass is 10.2. The second kappa shape index (κ2) is 5.58. The van der Waals surface area contributed by atoms with E-state index in [2.05, 4.69) is 43.7 Å². The van der Waals surface area contributed by atoms with Crippen molar-refractivity contribution in [3.05, 3.63) is 64.4 Å². The summed E-state index contributed by atoms with van der Waals surface area (Å²) >= 11 is 9.80. The molecule has 20 heavy (non-hydrogen) atoms. The van der Waals surface area contributed by atoms with Crippen LogP contribution in [-0.4, -0.2) is 9.55 Å². The van der Waals surface area contributed by atoms with Gasteiger partial charge in [0, 0.05) is 11.0 Å². The lowest BCUT2D eigenvalue weighted by Crippen LogP contribution is -2.05. The van der Waals surface area contributed by atoms with Crippen molar-refractivity contribution in [2.45, 2.75) is 18.8 Å². The van der Waals surface area contributed by atoms with Crippen LogP contribution in [0.1, 0.15) is 23.7 Å². The quantitative estimate of drug-likeness (QED) is 0.598. The molecule has 3 rings (SSSR count). The molecule has 0 aliphatic rings. The van der Waals surface area contributed by atoms with Crippen LogP contribution in [0.2, 0.25) is 0 Å². The Morgan fingerprint density at radius 1 is 1.20 bits per heavy atom. The number of hydrogen-bond donors (Lipinski definition) is 0. The standard InChI is InChI=1S/C16H14BrClN2/c1-11(18)16-19-14-7-2-3-8-15(14)20(16)10-12-5-4-6-13(17)9-12/h2-9,11H,10H2,1H3. The number of imidazole rings is 1. The number of fused-ring (bicyclic) bond motifs is 1. The molecule has 1 atom stereocenters. The lowest BCUT2D eigenvalue weighted by molar-refractivity contribution is 0.742. The number of aromatic nitrogens is 2. The van der Waals surface area contributed by atoms with Gasteiger partial charge in [0.15, 0.2) is 0 Å². The summed E-state index contributed by atoms with van der Waals surface area (Å²) in [5.74, 6) is 0.910. The Balaban J connectivity index is 2.11. The first-order valence-electron chi connectivity index (χ1n) is 6.49. The highest BCUT2D eigenvalue weighted by molar-refractivity contribution is 9.10. The molecule has 2 aromatic carbocycles. The molecule has 1 aromatic heterocycles. The highest BCUT2D eigenvalue weighted by atomic mass is 79.9. The molecule has 1 unspecified atom stereocenters. The summed E-state index contributed by atoms with van der Waals surface area (Å²) < 4.78 is 3.27. The molecule has 4 heteroatoms. The minimum Gasteiger partial charge on any atom is -0.322 e. The van der Waals surface area contributed by atoms with E-state index in [1.165, 1.54) is 5.56 Å². The average Bonchev–Trinajstić information content (AvgIpc) is 2.78. The van der Waals surface area contributed by atoms with Crippen LogP contribution in [-0.2, 0) is 6.54 Å². The number of para-hydroxylation sites is 2. The van der Waals surface area contributed by atoms with Crippen LogP contribution in [0.5, 0.6) is 0 Å². The highest BCUT2D eigenvalue weighted by Gasteiger charge is 2.14. The van der Waals surface area contributed by atoms with Crippen molar-refractivity contribution in [2.75, 3.05) is 0 Å². The zero-order valence-corrected chi connectivity index (χ0v) is 13.4. The first kappa shape index (κ1) is 13.7. The number of alkyl halides is 1. The molecule has 0 spiro atoms. The number of halogens is 2. The van der Waals surface area contributed by atoms with E-state index >= 15 is 0 Å². The zero-order chi connectivity index (χ0) is 14.1. The molecule has 102 valence electrons. The predicted molar refractivity (Wildman–Crippen MR) is 87.2 cm³/mol. The summed E-state index contributed by atoms with van der Waals surface area (Å²) in [5.41, 5.74) is 3.33. The first-order valence-corrected chi connectivity index (χ1v) is 7.72. The molecule has 0 fully saturated rings. The van der Waals surface area contributed by atoms with Crippen molar-refractivity contribution in [1.29, 1.82) is 0 Å². The second-order valence-corrected chi connectivity index (χ2v) is 6.36. The molecule has 0 saturated carbocycles. The largest absolute Gasteiger partial charge is 0.322 e. The highest BCUT2D eigenvalue weighted by Crippen LogP contribution is 2.25. The summed E-state index contributed by atoms with van der Waals surface area (Å²) in [5, 5.41) is -0.116. The molecule has 0 amide bonds. The number of rotatable bonds is 3. The smallest absolute Gasteiger partial charge is 0.128 e. The number of nitrogens with zero attached hydrogens (tertiary/aromatic N) is 2. The third-order valence-corrected chi connectivity index (χ3v) is 3.96. The van der Waals surface area contributed by atoms with Crippen LogP contribution < -0.4 is 0 Å². The van der Waals surface area contributed by atoms with Crippen molar-refractivity contribution in [1.82, 2.24) is 9.55 Å². The van der Waals surface area contributed by atoms with Gasteiger partial charge in [-0.15, -0.1) is 11.6 Å². The van der Waals surface area contributed by atoms with Crippen LogP contribution in [0.25, 0.3) is 11.0 Å². The van der Waals surface area contributed by atoms with Gasteiger partial charge in [-0.05, 0) is 36.8 Å². The summed E-state index contributed by atoms with van der Waals surface area (Å²) in [6.45, 7) is 2.73. The molecule has 3 aromatic rings. The second-order valence-electron chi connectivity index (χ2n) is 4.79. The fourth-order valence-electron chi connectivity index (χ4n) is 2.38. The molecular formula is C16H14BrClN2. The normalized spacial score (nSPS) is 12.8. The van der Waals surface area contributed by atoms with E-state index < -0.39 is 0 Å².